The second-order valence-electron chi connectivity index (χ2n) is 4.77. The van der Waals surface area contributed by atoms with Crippen LogP contribution in [0.15, 0.2) is 18.5 Å². The van der Waals surface area contributed by atoms with Gasteiger partial charge in [-0.1, -0.05) is 13.8 Å². The van der Waals surface area contributed by atoms with E-state index in [1.54, 1.807) is 16.9 Å². The second-order valence-corrected chi connectivity index (χ2v) is 4.77. The molecule has 0 aliphatic carbocycles. The molecule has 2 N–H and O–H groups in total. The Morgan fingerprint density at radius 1 is 1.60 bits per heavy atom. The molecule has 0 radical (unpaired) electrons. The van der Waals surface area contributed by atoms with Gasteiger partial charge in [0.2, 0.25) is 0 Å². The van der Waals surface area contributed by atoms with Crippen LogP contribution < -0.4 is 5.32 Å². The van der Waals surface area contributed by atoms with Crippen LogP contribution in [0.4, 0.5) is 5.82 Å². The minimum Gasteiger partial charge on any atom is -0.480 e. The maximum Gasteiger partial charge on any atom is 0.327 e. The lowest BCUT2D eigenvalue weighted by molar-refractivity contribution is -0.137. The van der Waals surface area contributed by atoms with Crippen molar-refractivity contribution < 1.29 is 9.90 Å². The maximum absolute atomic E-state index is 11.1. The average Bonchev–Trinajstić information content (AvgIpc) is 2.83. The Morgan fingerprint density at radius 3 is 2.95 bits per heavy atom. The van der Waals surface area contributed by atoms with Crippen LogP contribution in [-0.4, -0.2) is 31.7 Å². The van der Waals surface area contributed by atoms with Gasteiger partial charge in [-0.05, 0) is 12.0 Å². The number of carboxylic acid groups (broad SMARTS) is 1. The number of nitrogens with one attached hydrogen (secondary N) is 1. The number of aliphatic carboxylic acids is 1. The number of anilines is 1. The highest BCUT2D eigenvalue weighted by Crippen LogP contribution is 2.20. The lowest BCUT2D eigenvalue weighted by Crippen LogP contribution is -2.29. The Morgan fingerprint density at radius 2 is 2.35 bits per heavy atom. The zero-order valence-corrected chi connectivity index (χ0v) is 11.4. The number of nitrogens with zero attached hydrogens (tertiary/aromatic N) is 3. The number of terminal acetylenes is 1. The first-order valence-corrected chi connectivity index (χ1v) is 6.30. The Labute approximate surface area is 116 Å². The highest BCUT2D eigenvalue weighted by atomic mass is 16.4. The van der Waals surface area contributed by atoms with Crippen LogP contribution in [0.5, 0.6) is 0 Å². The van der Waals surface area contributed by atoms with E-state index < -0.39 is 12.0 Å². The summed E-state index contributed by atoms with van der Waals surface area (Å²) < 4.78 is 1.68. The highest BCUT2D eigenvalue weighted by Gasteiger charge is 2.18. The van der Waals surface area contributed by atoms with Crippen molar-refractivity contribution in [3.05, 3.63) is 24.2 Å². The normalized spacial score (nSPS) is 12.3. The average molecular weight is 272 g/mol. The Kier molecular flexibility index (Phi) is 3.89. The Hall–Kier alpha value is -2.55. The van der Waals surface area contributed by atoms with E-state index in [0.29, 0.717) is 5.82 Å². The highest BCUT2D eigenvalue weighted by molar-refractivity contribution is 5.80. The fourth-order valence-electron chi connectivity index (χ4n) is 1.82. The zero-order valence-electron chi connectivity index (χ0n) is 11.4. The fourth-order valence-corrected chi connectivity index (χ4v) is 1.82. The predicted octanol–water partition coefficient (Wildman–Crippen LogP) is 1.74. The summed E-state index contributed by atoms with van der Waals surface area (Å²) in [6.07, 6.45) is 8.57. The summed E-state index contributed by atoms with van der Waals surface area (Å²) in [4.78, 5) is 15.3. The van der Waals surface area contributed by atoms with Crippen LogP contribution in [0.2, 0.25) is 0 Å². The zero-order chi connectivity index (χ0) is 14.7. The molecule has 0 aliphatic heterocycles. The van der Waals surface area contributed by atoms with Crippen molar-refractivity contribution in [1.29, 1.82) is 0 Å². The van der Waals surface area contributed by atoms with Crippen LogP contribution in [0.3, 0.4) is 0 Å². The summed E-state index contributed by atoms with van der Waals surface area (Å²) in [5.41, 5.74) is 1.66. The molecule has 0 amide bonds. The molecule has 1 unspecified atom stereocenters. The standard InChI is InChI=1S/C14H16N4O2/c1-4-5-10(14(19)20)16-13-12-8-11(9(2)3)17-18(12)7-6-15-13/h1,6-10H,5H2,2-3H3,(H,15,16)(H,19,20). The van der Waals surface area contributed by atoms with Gasteiger partial charge in [-0.25, -0.2) is 14.3 Å². The molecule has 20 heavy (non-hydrogen) atoms. The topological polar surface area (TPSA) is 79.5 Å². The van der Waals surface area contributed by atoms with Crippen molar-refractivity contribution in [1.82, 2.24) is 14.6 Å². The number of hydrogen-bond donors (Lipinski definition) is 2. The predicted molar refractivity (Wildman–Crippen MR) is 75.6 cm³/mol. The van der Waals surface area contributed by atoms with E-state index >= 15 is 0 Å². The molecule has 1 atom stereocenters. The van der Waals surface area contributed by atoms with E-state index in [0.717, 1.165) is 11.2 Å². The minimum absolute atomic E-state index is 0.0866. The van der Waals surface area contributed by atoms with E-state index in [1.165, 1.54) is 0 Å². The monoisotopic (exact) mass is 272 g/mol. The summed E-state index contributed by atoms with van der Waals surface area (Å²) in [7, 11) is 0. The molecule has 6 nitrogen and oxygen atoms in total. The van der Waals surface area contributed by atoms with Crippen molar-refractivity contribution in [3.8, 4) is 12.3 Å². The van der Waals surface area contributed by atoms with Gasteiger partial charge in [-0.2, -0.15) is 5.10 Å². The minimum atomic E-state index is -1.00. The van der Waals surface area contributed by atoms with E-state index in [4.69, 9.17) is 11.5 Å². The van der Waals surface area contributed by atoms with Gasteiger partial charge in [0.15, 0.2) is 5.82 Å². The third-order valence-corrected chi connectivity index (χ3v) is 2.93. The smallest absolute Gasteiger partial charge is 0.327 e. The molecule has 0 aromatic carbocycles. The van der Waals surface area contributed by atoms with Gasteiger partial charge < -0.3 is 10.4 Å². The summed E-state index contributed by atoms with van der Waals surface area (Å²) in [5, 5.41) is 16.4. The molecule has 0 aliphatic rings. The molecular weight excluding hydrogens is 256 g/mol. The van der Waals surface area contributed by atoms with Crippen molar-refractivity contribution >= 4 is 17.3 Å². The van der Waals surface area contributed by atoms with Crippen LogP contribution in [0, 0.1) is 12.3 Å². The molecule has 2 aromatic heterocycles. The molecule has 2 heterocycles. The second kappa shape index (κ2) is 5.61. The van der Waals surface area contributed by atoms with Crippen molar-refractivity contribution in [2.24, 2.45) is 0 Å². The first kappa shape index (κ1) is 13.9. The van der Waals surface area contributed by atoms with Gasteiger partial charge >= 0.3 is 5.97 Å². The van der Waals surface area contributed by atoms with Crippen LogP contribution in [-0.2, 0) is 4.79 Å². The molecule has 104 valence electrons. The van der Waals surface area contributed by atoms with Gasteiger partial charge in [0.25, 0.3) is 0 Å². The first-order valence-electron chi connectivity index (χ1n) is 6.30. The SMILES string of the molecule is C#CCC(Nc1nccn2nc(C(C)C)cc12)C(=O)O. The number of aromatic nitrogens is 3. The number of carbonyl (C=O) groups is 1. The third kappa shape index (κ3) is 2.72. The summed E-state index contributed by atoms with van der Waals surface area (Å²) in [5.74, 6) is 2.09. The molecular formula is C14H16N4O2. The lowest BCUT2D eigenvalue weighted by Gasteiger charge is -2.12. The van der Waals surface area contributed by atoms with Gasteiger partial charge in [-0.3, -0.25) is 0 Å². The van der Waals surface area contributed by atoms with Crippen LogP contribution in [0.25, 0.3) is 5.52 Å². The fraction of sp³-hybridized carbons (Fsp3) is 0.357. The van der Waals surface area contributed by atoms with E-state index in [2.05, 4.69) is 21.3 Å². The van der Waals surface area contributed by atoms with Crippen molar-refractivity contribution in [2.45, 2.75) is 32.2 Å². The number of carboxylic acids is 1. The molecule has 2 rings (SSSR count). The summed E-state index contributed by atoms with van der Waals surface area (Å²) in [6.45, 7) is 4.08. The number of hydrogen-bond acceptors (Lipinski definition) is 4. The quantitative estimate of drug-likeness (QED) is 0.810. The lowest BCUT2D eigenvalue weighted by atomic mass is 10.1. The maximum atomic E-state index is 11.1. The third-order valence-electron chi connectivity index (χ3n) is 2.93. The van der Waals surface area contributed by atoms with E-state index in [1.807, 2.05) is 19.9 Å². The molecule has 0 saturated carbocycles. The first-order chi connectivity index (χ1) is 9.52. The van der Waals surface area contributed by atoms with Crippen molar-refractivity contribution in [2.75, 3.05) is 5.32 Å². The van der Waals surface area contributed by atoms with Gasteiger partial charge in [0.1, 0.15) is 11.6 Å². The molecule has 0 spiro atoms. The largest absolute Gasteiger partial charge is 0.480 e. The van der Waals surface area contributed by atoms with E-state index in [9.17, 15) is 4.79 Å². The molecule has 6 heteroatoms. The van der Waals surface area contributed by atoms with Gasteiger partial charge in [0, 0.05) is 18.8 Å². The van der Waals surface area contributed by atoms with Crippen LogP contribution in [0.1, 0.15) is 31.9 Å². The molecule has 0 fully saturated rings. The van der Waals surface area contributed by atoms with Crippen LogP contribution >= 0.6 is 0 Å². The Balaban J connectivity index is 2.39. The van der Waals surface area contributed by atoms with Gasteiger partial charge in [0.05, 0.1) is 5.69 Å². The number of fused-ring (bicyclic) bond motifs is 1. The molecule has 2 aromatic rings. The number of rotatable bonds is 5. The summed E-state index contributed by atoms with van der Waals surface area (Å²) in [6, 6.07) is 1.03. The van der Waals surface area contributed by atoms with Gasteiger partial charge in [-0.15, -0.1) is 12.3 Å². The Bertz CT molecular complexity index is 669. The van der Waals surface area contributed by atoms with E-state index in [-0.39, 0.29) is 12.3 Å². The van der Waals surface area contributed by atoms with Crippen molar-refractivity contribution in [3.63, 3.8) is 0 Å². The molecule has 0 saturated heterocycles. The summed E-state index contributed by atoms with van der Waals surface area (Å²) >= 11 is 0. The molecule has 0 bridgehead atoms.